The number of unbranched alkanes of at least 4 members (excludes halogenated alkanes) is 2. The lowest BCUT2D eigenvalue weighted by Crippen LogP contribution is -2.41. The van der Waals surface area contributed by atoms with Crippen LogP contribution in [0, 0.1) is 0 Å². The first kappa shape index (κ1) is 15.9. The minimum absolute atomic E-state index is 0.182. The van der Waals surface area contributed by atoms with Crippen molar-refractivity contribution in [2.75, 3.05) is 39.4 Å². The second-order valence-electron chi connectivity index (χ2n) is 4.70. The van der Waals surface area contributed by atoms with Crippen LogP contribution in [0.1, 0.15) is 32.1 Å². The molecule has 19 heavy (non-hydrogen) atoms. The highest BCUT2D eigenvalue weighted by Gasteiger charge is 2.15. The number of aliphatic carboxylic acids is 1. The number of morpholine rings is 1. The molecule has 0 bridgehead atoms. The summed E-state index contributed by atoms with van der Waals surface area (Å²) in [5.41, 5.74) is 0. The minimum atomic E-state index is -0.732. The number of hydrogen-bond donors (Lipinski definition) is 2. The third kappa shape index (κ3) is 7.79. The van der Waals surface area contributed by atoms with E-state index in [9.17, 15) is 9.59 Å². The number of nitrogens with one attached hydrogen (secondary N) is 1. The van der Waals surface area contributed by atoms with Gasteiger partial charge in [0.1, 0.15) is 0 Å². The Bertz CT molecular complexity index is 278. The number of amides is 1. The van der Waals surface area contributed by atoms with E-state index in [1.807, 2.05) is 4.90 Å². The van der Waals surface area contributed by atoms with E-state index in [1.165, 1.54) is 0 Å². The van der Waals surface area contributed by atoms with Gasteiger partial charge in [-0.3, -0.25) is 9.59 Å². The molecule has 0 spiro atoms. The van der Waals surface area contributed by atoms with Gasteiger partial charge in [-0.05, 0) is 19.4 Å². The number of carboxylic acid groups (broad SMARTS) is 1. The van der Waals surface area contributed by atoms with Crippen LogP contribution in [0.3, 0.4) is 0 Å². The Kier molecular flexibility index (Phi) is 8.16. The summed E-state index contributed by atoms with van der Waals surface area (Å²) in [4.78, 5) is 23.9. The zero-order valence-corrected chi connectivity index (χ0v) is 11.4. The first-order chi connectivity index (χ1) is 9.20. The number of carbonyl (C=O) groups excluding carboxylic acids is 1. The third-order valence-corrected chi connectivity index (χ3v) is 3.12. The molecular weight excluding hydrogens is 248 g/mol. The molecule has 1 saturated heterocycles. The van der Waals surface area contributed by atoms with E-state index in [4.69, 9.17) is 9.84 Å². The Morgan fingerprint density at radius 1 is 1.05 bits per heavy atom. The van der Waals surface area contributed by atoms with Crippen molar-refractivity contribution < 1.29 is 19.4 Å². The maximum Gasteiger partial charge on any atom is 0.303 e. The van der Waals surface area contributed by atoms with Crippen molar-refractivity contribution in [1.29, 1.82) is 0 Å². The largest absolute Gasteiger partial charge is 0.481 e. The molecule has 1 aliphatic rings. The molecular formula is C13H24N2O4. The molecule has 0 atom stereocenters. The van der Waals surface area contributed by atoms with E-state index in [0.717, 1.165) is 25.8 Å². The van der Waals surface area contributed by atoms with Gasteiger partial charge in [-0.2, -0.15) is 0 Å². The second kappa shape index (κ2) is 9.75. The molecule has 0 radical (unpaired) electrons. The van der Waals surface area contributed by atoms with Crippen molar-refractivity contribution >= 4 is 11.9 Å². The summed E-state index contributed by atoms with van der Waals surface area (Å²) in [6, 6.07) is 0. The monoisotopic (exact) mass is 272 g/mol. The molecule has 0 saturated carbocycles. The smallest absolute Gasteiger partial charge is 0.303 e. The van der Waals surface area contributed by atoms with Gasteiger partial charge in [0.2, 0.25) is 5.91 Å². The molecule has 0 aliphatic carbocycles. The number of hydrogen-bond acceptors (Lipinski definition) is 4. The van der Waals surface area contributed by atoms with Crippen molar-refractivity contribution in [1.82, 2.24) is 10.2 Å². The van der Waals surface area contributed by atoms with Crippen molar-refractivity contribution in [3.8, 4) is 0 Å². The quantitative estimate of drug-likeness (QED) is 0.597. The van der Waals surface area contributed by atoms with E-state index >= 15 is 0 Å². The summed E-state index contributed by atoms with van der Waals surface area (Å²) in [6.45, 7) is 4.22. The predicted molar refractivity (Wildman–Crippen MR) is 71.0 cm³/mol. The summed E-state index contributed by atoms with van der Waals surface area (Å²) in [5.74, 6) is -0.550. The van der Waals surface area contributed by atoms with E-state index in [0.29, 0.717) is 39.3 Å². The normalized spacial score (nSPS) is 15.5. The fourth-order valence-electron chi connectivity index (χ4n) is 1.99. The van der Waals surface area contributed by atoms with Gasteiger partial charge in [0.05, 0.1) is 13.2 Å². The van der Waals surface area contributed by atoms with E-state index in [1.54, 1.807) is 0 Å². The molecule has 1 aliphatic heterocycles. The molecule has 110 valence electrons. The number of nitrogens with zero attached hydrogens (tertiary/aromatic N) is 1. The van der Waals surface area contributed by atoms with Gasteiger partial charge >= 0.3 is 5.97 Å². The predicted octanol–water partition coefficient (Wildman–Crippen LogP) is 0.470. The van der Waals surface area contributed by atoms with E-state index in [2.05, 4.69) is 5.32 Å². The van der Waals surface area contributed by atoms with Crippen LogP contribution in [0.4, 0.5) is 0 Å². The van der Waals surface area contributed by atoms with Crippen molar-refractivity contribution in [2.24, 2.45) is 0 Å². The maximum atomic E-state index is 11.8. The van der Waals surface area contributed by atoms with Crippen molar-refractivity contribution in [3.63, 3.8) is 0 Å². The molecule has 1 heterocycles. The number of carbonyl (C=O) groups is 2. The minimum Gasteiger partial charge on any atom is -0.481 e. The standard InChI is InChI=1S/C13H24N2O4/c16-12(15-8-10-19-11-9-15)5-7-14-6-3-1-2-4-13(17)18/h14H,1-11H2,(H,17,18). The maximum absolute atomic E-state index is 11.8. The molecule has 1 rings (SSSR count). The Morgan fingerprint density at radius 2 is 1.79 bits per heavy atom. The summed E-state index contributed by atoms with van der Waals surface area (Å²) >= 11 is 0. The van der Waals surface area contributed by atoms with E-state index < -0.39 is 5.97 Å². The molecule has 0 unspecified atom stereocenters. The lowest BCUT2D eigenvalue weighted by Gasteiger charge is -2.26. The summed E-state index contributed by atoms with van der Waals surface area (Å²) < 4.78 is 5.20. The van der Waals surface area contributed by atoms with Crippen LogP contribution < -0.4 is 5.32 Å². The number of rotatable bonds is 9. The highest BCUT2D eigenvalue weighted by molar-refractivity contribution is 5.76. The molecule has 6 nitrogen and oxygen atoms in total. The van der Waals surface area contributed by atoms with Gasteiger partial charge in [0, 0.05) is 32.5 Å². The fraction of sp³-hybridized carbons (Fsp3) is 0.846. The lowest BCUT2D eigenvalue weighted by molar-refractivity contribution is -0.137. The Balaban J connectivity index is 1.89. The average molecular weight is 272 g/mol. The first-order valence-corrected chi connectivity index (χ1v) is 6.98. The van der Waals surface area contributed by atoms with E-state index in [-0.39, 0.29) is 12.3 Å². The van der Waals surface area contributed by atoms with Crippen LogP contribution >= 0.6 is 0 Å². The first-order valence-electron chi connectivity index (χ1n) is 6.98. The second-order valence-corrected chi connectivity index (χ2v) is 4.70. The van der Waals surface area contributed by atoms with Crippen LogP contribution in [-0.4, -0.2) is 61.3 Å². The van der Waals surface area contributed by atoms with Crippen LogP contribution in [0.25, 0.3) is 0 Å². The van der Waals surface area contributed by atoms with Gasteiger partial charge in [-0.25, -0.2) is 0 Å². The molecule has 0 aromatic carbocycles. The van der Waals surface area contributed by atoms with Gasteiger partial charge in [-0.1, -0.05) is 6.42 Å². The Morgan fingerprint density at radius 3 is 2.47 bits per heavy atom. The van der Waals surface area contributed by atoms with Crippen LogP contribution in [-0.2, 0) is 14.3 Å². The highest BCUT2D eigenvalue weighted by atomic mass is 16.5. The zero-order chi connectivity index (χ0) is 13.9. The van der Waals surface area contributed by atoms with Crippen LogP contribution in [0.15, 0.2) is 0 Å². The summed E-state index contributed by atoms with van der Waals surface area (Å²) in [6.07, 6.45) is 3.37. The average Bonchev–Trinajstić information content (AvgIpc) is 2.42. The van der Waals surface area contributed by atoms with Gasteiger partial charge in [0.25, 0.3) is 0 Å². The molecule has 2 N–H and O–H groups in total. The summed E-state index contributed by atoms with van der Waals surface area (Å²) in [5, 5.41) is 11.7. The number of carboxylic acids is 1. The topological polar surface area (TPSA) is 78.9 Å². The SMILES string of the molecule is O=C(O)CCCCCNCCC(=O)N1CCOCC1. The molecule has 0 aromatic rings. The molecule has 6 heteroatoms. The fourth-order valence-corrected chi connectivity index (χ4v) is 1.99. The molecule has 1 fully saturated rings. The van der Waals surface area contributed by atoms with Gasteiger partial charge in [0.15, 0.2) is 0 Å². The van der Waals surface area contributed by atoms with Crippen molar-refractivity contribution in [2.45, 2.75) is 32.1 Å². The van der Waals surface area contributed by atoms with Gasteiger partial charge in [-0.15, -0.1) is 0 Å². The van der Waals surface area contributed by atoms with Gasteiger partial charge < -0.3 is 20.1 Å². The zero-order valence-electron chi connectivity index (χ0n) is 11.4. The summed E-state index contributed by atoms with van der Waals surface area (Å²) in [7, 11) is 0. The molecule has 1 amide bonds. The van der Waals surface area contributed by atoms with Crippen LogP contribution in [0.2, 0.25) is 0 Å². The highest BCUT2D eigenvalue weighted by Crippen LogP contribution is 2.00. The Hall–Kier alpha value is -1.14. The molecule has 0 aromatic heterocycles. The Labute approximate surface area is 114 Å². The third-order valence-electron chi connectivity index (χ3n) is 3.12. The lowest BCUT2D eigenvalue weighted by atomic mass is 10.2. The van der Waals surface area contributed by atoms with Crippen molar-refractivity contribution in [3.05, 3.63) is 0 Å². The number of ether oxygens (including phenoxy) is 1. The van der Waals surface area contributed by atoms with Crippen LogP contribution in [0.5, 0.6) is 0 Å².